The molecule has 0 aliphatic rings. The summed E-state index contributed by atoms with van der Waals surface area (Å²) in [5.41, 5.74) is 1.46. The fourth-order valence-corrected chi connectivity index (χ4v) is 1.46. The normalized spacial score (nSPS) is 10.3. The summed E-state index contributed by atoms with van der Waals surface area (Å²) < 4.78 is 1.49. The first-order chi connectivity index (χ1) is 7.77. The van der Waals surface area contributed by atoms with Crippen molar-refractivity contribution in [3.05, 3.63) is 42.0 Å². The van der Waals surface area contributed by atoms with E-state index in [4.69, 9.17) is 0 Å². The number of hydrogen-bond acceptors (Lipinski definition) is 4. The minimum absolute atomic E-state index is 0.0400. The predicted octanol–water partition coefficient (Wildman–Crippen LogP) is 1.03. The second kappa shape index (κ2) is 4.65. The first-order valence-electron chi connectivity index (χ1n) is 5.05. The molecule has 0 saturated heterocycles. The number of carbonyl (C=O) groups excluding carboxylic acids is 1. The summed E-state index contributed by atoms with van der Waals surface area (Å²) in [7, 11) is 1.71. The number of aryl methyl sites for hydroxylation is 2. The molecule has 0 aliphatic heterocycles. The Balaban J connectivity index is 1.97. The molecule has 0 spiro atoms. The molecule has 2 aromatic rings. The second-order valence-electron chi connectivity index (χ2n) is 3.49. The molecule has 0 fully saturated rings. The number of hydrogen-bond donors (Lipinski definition) is 0. The lowest BCUT2D eigenvalue weighted by atomic mass is 10.1. The van der Waals surface area contributed by atoms with Crippen molar-refractivity contribution in [1.82, 2.24) is 20.0 Å². The van der Waals surface area contributed by atoms with Crippen molar-refractivity contribution >= 4 is 5.78 Å². The summed E-state index contributed by atoms with van der Waals surface area (Å²) >= 11 is 0. The number of ketones is 1. The standard InChI is InChI=1S/C11H12N4O/c1-15-10(8-13-14-15)11(16)6-5-9-4-2-3-7-12-9/h2-4,7-8H,5-6H2,1H3. The average Bonchev–Trinajstić information content (AvgIpc) is 2.74. The quantitative estimate of drug-likeness (QED) is 0.716. The van der Waals surface area contributed by atoms with Gasteiger partial charge in [0.2, 0.25) is 0 Å². The maximum absolute atomic E-state index is 11.8. The molecule has 2 aromatic heterocycles. The van der Waals surface area contributed by atoms with Crippen molar-refractivity contribution in [2.24, 2.45) is 7.05 Å². The molecule has 0 aromatic carbocycles. The van der Waals surface area contributed by atoms with Crippen LogP contribution in [0.5, 0.6) is 0 Å². The van der Waals surface area contributed by atoms with Crippen molar-refractivity contribution in [2.75, 3.05) is 0 Å². The van der Waals surface area contributed by atoms with Crippen molar-refractivity contribution in [2.45, 2.75) is 12.8 Å². The van der Waals surface area contributed by atoms with Gasteiger partial charge in [-0.3, -0.25) is 9.78 Å². The Bertz CT molecular complexity index is 478. The molecule has 0 amide bonds. The van der Waals surface area contributed by atoms with Gasteiger partial charge >= 0.3 is 0 Å². The maximum Gasteiger partial charge on any atom is 0.182 e. The van der Waals surface area contributed by atoms with Crippen molar-refractivity contribution in [1.29, 1.82) is 0 Å². The highest BCUT2D eigenvalue weighted by molar-refractivity contribution is 5.94. The van der Waals surface area contributed by atoms with E-state index in [-0.39, 0.29) is 5.78 Å². The molecular weight excluding hydrogens is 204 g/mol. The van der Waals surface area contributed by atoms with Gasteiger partial charge in [0.1, 0.15) is 5.69 Å². The fourth-order valence-electron chi connectivity index (χ4n) is 1.46. The summed E-state index contributed by atoms with van der Waals surface area (Å²) in [5, 5.41) is 7.40. The lowest BCUT2D eigenvalue weighted by molar-refractivity contribution is 0.0973. The first-order valence-corrected chi connectivity index (χ1v) is 5.05. The van der Waals surface area contributed by atoms with Crippen LogP contribution in [0, 0.1) is 0 Å². The van der Waals surface area contributed by atoms with E-state index in [2.05, 4.69) is 15.3 Å². The highest BCUT2D eigenvalue weighted by Crippen LogP contribution is 2.04. The molecule has 0 unspecified atom stereocenters. The van der Waals surface area contributed by atoms with Crippen LogP contribution < -0.4 is 0 Å². The Morgan fingerprint density at radius 3 is 2.94 bits per heavy atom. The zero-order valence-corrected chi connectivity index (χ0v) is 9.00. The van der Waals surface area contributed by atoms with E-state index in [1.165, 1.54) is 10.9 Å². The van der Waals surface area contributed by atoms with Crippen molar-refractivity contribution in [3.63, 3.8) is 0 Å². The third-order valence-electron chi connectivity index (χ3n) is 2.33. The molecule has 0 bridgehead atoms. The number of nitrogens with zero attached hydrogens (tertiary/aromatic N) is 4. The molecule has 16 heavy (non-hydrogen) atoms. The van der Waals surface area contributed by atoms with Gasteiger partial charge in [-0.2, -0.15) is 0 Å². The van der Waals surface area contributed by atoms with Gasteiger partial charge in [0.05, 0.1) is 6.20 Å². The van der Waals surface area contributed by atoms with Gasteiger partial charge in [-0.1, -0.05) is 11.3 Å². The summed E-state index contributed by atoms with van der Waals surface area (Å²) in [6.45, 7) is 0. The monoisotopic (exact) mass is 216 g/mol. The van der Waals surface area contributed by atoms with Crippen LogP contribution >= 0.6 is 0 Å². The van der Waals surface area contributed by atoms with Crippen LogP contribution in [0.3, 0.4) is 0 Å². The molecule has 0 atom stereocenters. The van der Waals surface area contributed by atoms with Crippen LogP contribution in [0.4, 0.5) is 0 Å². The molecule has 0 aliphatic carbocycles. The van der Waals surface area contributed by atoms with Crippen LogP contribution in [0.2, 0.25) is 0 Å². The van der Waals surface area contributed by atoms with E-state index in [0.29, 0.717) is 18.5 Å². The largest absolute Gasteiger partial charge is 0.292 e. The topological polar surface area (TPSA) is 60.7 Å². The third kappa shape index (κ3) is 2.31. The van der Waals surface area contributed by atoms with E-state index in [1.807, 2.05) is 18.2 Å². The Labute approximate surface area is 93.1 Å². The summed E-state index contributed by atoms with van der Waals surface area (Å²) in [5.74, 6) is 0.0400. The van der Waals surface area contributed by atoms with Gasteiger partial charge in [0.15, 0.2) is 5.78 Å². The highest BCUT2D eigenvalue weighted by atomic mass is 16.1. The smallest absolute Gasteiger partial charge is 0.182 e. The number of Topliss-reactive ketones (excluding diaryl/α,β-unsaturated/α-hetero) is 1. The average molecular weight is 216 g/mol. The van der Waals surface area contributed by atoms with Crippen LogP contribution in [0.1, 0.15) is 22.6 Å². The highest BCUT2D eigenvalue weighted by Gasteiger charge is 2.10. The molecule has 0 N–H and O–H groups in total. The number of rotatable bonds is 4. The lowest BCUT2D eigenvalue weighted by Crippen LogP contribution is -2.08. The van der Waals surface area contributed by atoms with Crippen LogP contribution in [-0.4, -0.2) is 25.8 Å². The van der Waals surface area contributed by atoms with E-state index in [0.717, 1.165) is 5.69 Å². The van der Waals surface area contributed by atoms with Gasteiger partial charge < -0.3 is 0 Å². The van der Waals surface area contributed by atoms with Crippen molar-refractivity contribution < 1.29 is 4.79 Å². The van der Waals surface area contributed by atoms with Crippen LogP contribution in [0.15, 0.2) is 30.6 Å². The van der Waals surface area contributed by atoms with Crippen LogP contribution in [0.25, 0.3) is 0 Å². The van der Waals surface area contributed by atoms with Gasteiger partial charge in [-0.15, -0.1) is 5.10 Å². The van der Waals surface area contributed by atoms with Gasteiger partial charge in [-0.25, -0.2) is 4.68 Å². The number of aromatic nitrogens is 4. The zero-order valence-electron chi connectivity index (χ0n) is 9.00. The van der Waals surface area contributed by atoms with E-state index < -0.39 is 0 Å². The third-order valence-corrected chi connectivity index (χ3v) is 2.33. The first kappa shape index (κ1) is 10.5. The van der Waals surface area contributed by atoms with E-state index in [1.54, 1.807) is 13.2 Å². The second-order valence-corrected chi connectivity index (χ2v) is 3.49. The molecule has 82 valence electrons. The van der Waals surface area contributed by atoms with E-state index in [9.17, 15) is 4.79 Å². The van der Waals surface area contributed by atoms with E-state index >= 15 is 0 Å². The Hall–Kier alpha value is -2.04. The zero-order chi connectivity index (χ0) is 11.4. The number of pyridine rings is 1. The van der Waals surface area contributed by atoms with Gasteiger partial charge in [0.25, 0.3) is 0 Å². The molecular formula is C11H12N4O. The Morgan fingerprint density at radius 1 is 1.44 bits per heavy atom. The van der Waals surface area contributed by atoms with Gasteiger partial charge in [-0.05, 0) is 18.6 Å². The molecule has 2 heterocycles. The predicted molar refractivity (Wildman–Crippen MR) is 57.9 cm³/mol. The molecule has 5 heteroatoms. The molecule has 2 rings (SSSR count). The summed E-state index contributed by atoms with van der Waals surface area (Å²) in [6.07, 6.45) is 4.29. The van der Waals surface area contributed by atoms with Crippen LogP contribution in [-0.2, 0) is 13.5 Å². The SMILES string of the molecule is Cn1nncc1C(=O)CCc1ccccn1. The lowest BCUT2D eigenvalue weighted by Gasteiger charge is -2.00. The molecule has 0 radical (unpaired) electrons. The summed E-state index contributed by atoms with van der Waals surface area (Å²) in [4.78, 5) is 15.9. The minimum Gasteiger partial charge on any atom is -0.292 e. The number of carbonyl (C=O) groups is 1. The fraction of sp³-hybridized carbons (Fsp3) is 0.273. The summed E-state index contributed by atoms with van der Waals surface area (Å²) in [6, 6.07) is 5.68. The van der Waals surface area contributed by atoms with Crippen molar-refractivity contribution in [3.8, 4) is 0 Å². The molecule has 5 nitrogen and oxygen atoms in total. The Morgan fingerprint density at radius 2 is 2.31 bits per heavy atom. The molecule has 0 saturated carbocycles. The maximum atomic E-state index is 11.8. The van der Waals surface area contributed by atoms with Gasteiger partial charge in [0, 0.05) is 25.4 Å². The minimum atomic E-state index is 0.0400. The Kier molecular flexibility index (Phi) is 3.05.